The Balaban J connectivity index is 2.39. The molecular weight excluding hydrogens is 230 g/mol. The molecule has 1 heterocycles. The van der Waals surface area contributed by atoms with Crippen molar-refractivity contribution in [2.75, 3.05) is 12.8 Å². The number of nitrogens with two attached hydrogens (primary N) is 2. The Labute approximate surface area is 103 Å². The average molecular weight is 242 g/mol. The van der Waals surface area contributed by atoms with E-state index in [4.69, 9.17) is 20.3 Å². The SMILES string of the molecule is COc1cc2nc3ccc(N)cc3oc-2cc1=[NH2+]. The second kappa shape index (κ2) is 3.73. The van der Waals surface area contributed by atoms with Gasteiger partial charge in [-0.05, 0) is 12.1 Å². The molecule has 0 atom stereocenters. The van der Waals surface area contributed by atoms with Gasteiger partial charge < -0.3 is 14.9 Å². The number of methoxy groups -OCH3 is 1. The Bertz CT molecular complexity index is 764. The van der Waals surface area contributed by atoms with Gasteiger partial charge in [-0.25, -0.2) is 4.98 Å². The smallest absolute Gasteiger partial charge is 0.242 e. The van der Waals surface area contributed by atoms with Crippen LogP contribution in [-0.4, -0.2) is 12.1 Å². The molecule has 5 heteroatoms. The third kappa shape index (κ3) is 1.57. The van der Waals surface area contributed by atoms with E-state index in [-0.39, 0.29) is 0 Å². The second-order valence-corrected chi connectivity index (χ2v) is 4.00. The van der Waals surface area contributed by atoms with Gasteiger partial charge in [0, 0.05) is 17.8 Å². The Morgan fingerprint density at radius 3 is 2.89 bits per heavy atom. The number of hydrogen-bond donors (Lipinski definition) is 2. The van der Waals surface area contributed by atoms with Gasteiger partial charge in [-0.1, -0.05) is 0 Å². The maximum Gasteiger partial charge on any atom is 0.242 e. The minimum Gasteiger partial charge on any atom is -0.490 e. The topological polar surface area (TPSA) is 86.9 Å². The Morgan fingerprint density at radius 2 is 2.11 bits per heavy atom. The van der Waals surface area contributed by atoms with E-state index < -0.39 is 0 Å². The van der Waals surface area contributed by atoms with Crippen molar-refractivity contribution in [3.8, 4) is 17.2 Å². The molecule has 1 aliphatic heterocycles. The molecule has 0 radical (unpaired) electrons. The lowest BCUT2D eigenvalue weighted by Crippen LogP contribution is -2.45. The number of ether oxygens (including phenoxy) is 1. The fourth-order valence-corrected chi connectivity index (χ4v) is 1.86. The standard InChI is InChI=1S/C13H11N3O2/c1-17-11-6-10-13(5-8(11)15)18-12-4-7(14)2-3-9(12)16-10/h2-6,15H,14H2,1H3/p+1. The maximum atomic E-state index is 5.83. The summed E-state index contributed by atoms with van der Waals surface area (Å²) in [6, 6.07) is 8.79. The lowest BCUT2D eigenvalue weighted by atomic mass is 10.2. The van der Waals surface area contributed by atoms with Crippen LogP contribution in [0, 0.1) is 0 Å². The molecule has 0 aromatic heterocycles. The van der Waals surface area contributed by atoms with Crippen molar-refractivity contribution in [3.05, 3.63) is 35.7 Å². The zero-order valence-corrected chi connectivity index (χ0v) is 9.81. The number of rotatable bonds is 1. The number of hydrogen-bond acceptors (Lipinski definition) is 4. The zero-order chi connectivity index (χ0) is 12.7. The molecule has 4 N–H and O–H groups in total. The highest BCUT2D eigenvalue weighted by molar-refractivity contribution is 5.79. The van der Waals surface area contributed by atoms with Crippen molar-refractivity contribution in [1.29, 1.82) is 0 Å². The van der Waals surface area contributed by atoms with Gasteiger partial charge in [0.2, 0.25) is 5.36 Å². The maximum absolute atomic E-state index is 5.83. The first-order valence-corrected chi connectivity index (χ1v) is 5.44. The zero-order valence-electron chi connectivity index (χ0n) is 9.81. The molecular formula is C13H12N3O2+. The monoisotopic (exact) mass is 242 g/mol. The van der Waals surface area contributed by atoms with Crippen LogP contribution < -0.4 is 21.2 Å². The summed E-state index contributed by atoms with van der Waals surface area (Å²) in [6.45, 7) is 0. The van der Waals surface area contributed by atoms with E-state index in [1.54, 1.807) is 31.4 Å². The number of anilines is 1. The molecule has 0 spiro atoms. The third-order valence-electron chi connectivity index (χ3n) is 2.76. The number of aromatic nitrogens is 1. The summed E-state index contributed by atoms with van der Waals surface area (Å²) < 4.78 is 10.9. The van der Waals surface area contributed by atoms with Crippen LogP contribution in [0.2, 0.25) is 0 Å². The Morgan fingerprint density at radius 1 is 1.28 bits per heavy atom. The Hall–Kier alpha value is -2.56. The summed E-state index contributed by atoms with van der Waals surface area (Å²) in [7, 11) is 1.57. The van der Waals surface area contributed by atoms with Crippen LogP contribution in [0.25, 0.3) is 22.6 Å². The molecule has 0 bridgehead atoms. The molecule has 3 rings (SSSR count). The summed E-state index contributed by atoms with van der Waals surface area (Å²) in [4.78, 5) is 4.48. The van der Waals surface area contributed by atoms with Gasteiger partial charge in [-0.2, -0.15) is 0 Å². The number of benzene rings is 2. The molecule has 1 aromatic rings. The molecule has 18 heavy (non-hydrogen) atoms. The van der Waals surface area contributed by atoms with Gasteiger partial charge >= 0.3 is 0 Å². The molecule has 1 aromatic carbocycles. The lowest BCUT2D eigenvalue weighted by Gasteiger charge is -2.07. The molecule has 90 valence electrons. The second-order valence-electron chi connectivity index (χ2n) is 4.00. The Kier molecular flexibility index (Phi) is 2.19. The summed E-state index contributed by atoms with van der Waals surface area (Å²) in [5, 5.41) is 6.35. The van der Waals surface area contributed by atoms with Crippen LogP contribution in [0.15, 0.2) is 34.7 Å². The average Bonchev–Trinajstić information content (AvgIpc) is 2.35. The molecule has 0 unspecified atom stereocenters. The van der Waals surface area contributed by atoms with Crippen molar-refractivity contribution in [2.45, 2.75) is 0 Å². The van der Waals surface area contributed by atoms with E-state index in [1.165, 1.54) is 0 Å². The van der Waals surface area contributed by atoms with Crippen LogP contribution in [-0.2, 0) is 0 Å². The molecule has 0 amide bonds. The van der Waals surface area contributed by atoms with E-state index in [0.29, 0.717) is 33.8 Å². The highest BCUT2D eigenvalue weighted by atomic mass is 16.5. The van der Waals surface area contributed by atoms with Crippen molar-refractivity contribution in [2.24, 2.45) is 0 Å². The van der Waals surface area contributed by atoms with Gasteiger partial charge in [0.15, 0.2) is 17.1 Å². The fourth-order valence-electron chi connectivity index (χ4n) is 1.86. The van der Waals surface area contributed by atoms with Crippen LogP contribution >= 0.6 is 0 Å². The quantitative estimate of drug-likeness (QED) is 0.471. The van der Waals surface area contributed by atoms with Gasteiger partial charge in [0.1, 0.15) is 11.2 Å². The molecule has 5 nitrogen and oxygen atoms in total. The summed E-state index contributed by atoms with van der Waals surface area (Å²) in [5.74, 6) is 1.19. The minimum absolute atomic E-state index is 0.513. The van der Waals surface area contributed by atoms with Crippen molar-refractivity contribution in [3.63, 3.8) is 0 Å². The normalized spacial score (nSPS) is 10.9. The van der Waals surface area contributed by atoms with E-state index >= 15 is 0 Å². The summed E-state index contributed by atoms with van der Waals surface area (Å²) in [6.07, 6.45) is 0. The molecule has 2 aliphatic rings. The first kappa shape index (κ1) is 10.6. The minimum atomic E-state index is 0.513. The number of nitrogens with zero attached hydrogens (tertiary/aromatic N) is 1. The molecule has 1 aliphatic carbocycles. The third-order valence-corrected chi connectivity index (χ3v) is 2.76. The summed E-state index contributed by atoms with van der Waals surface area (Å²) >= 11 is 0. The number of nitrogen functional groups attached to an aromatic ring is 1. The molecule has 0 saturated heterocycles. The predicted octanol–water partition coefficient (Wildman–Crippen LogP) is 0.183. The summed E-state index contributed by atoms with van der Waals surface area (Å²) in [5.41, 5.74) is 8.41. The van der Waals surface area contributed by atoms with Crippen LogP contribution in [0.5, 0.6) is 5.75 Å². The lowest BCUT2D eigenvalue weighted by molar-refractivity contribution is -0.174. The van der Waals surface area contributed by atoms with E-state index in [1.807, 2.05) is 6.07 Å². The first-order chi connectivity index (χ1) is 8.67. The highest BCUT2D eigenvalue weighted by Crippen LogP contribution is 2.26. The van der Waals surface area contributed by atoms with Crippen LogP contribution in [0.4, 0.5) is 5.69 Å². The van der Waals surface area contributed by atoms with E-state index in [2.05, 4.69) is 4.98 Å². The fraction of sp³-hybridized carbons (Fsp3) is 0.0769. The van der Waals surface area contributed by atoms with Crippen LogP contribution in [0.1, 0.15) is 0 Å². The molecule has 0 fully saturated rings. The predicted molar refractivity (Wildman–Crippen MR) is 66.7 cm³/mol. The van der Waals surface area contributed by atoms with E-state index in [9.17, 15) is 0 Å². The van der Waals surface area contributed by atoms with Gasteiger partial charge in [0.05, 0.1) is 13.2 Å². The van der Waals surface area contributed by atoms with Gasteiger partial charge in [-0.3, -0.25) is 5.41 Å². The number of fused-ring (bicyclic) bond motifs is 2. The van der Waals surface area contributed by atoms with Gasteiger partial charge in [-0.15, -0.1) is 0 Å². The molecule has 0 saturated carbocycles. The van der Waals surface area contributed by atoms with Crippen molar-refractivity contribution in [1.82, 2.24) is 4.98 Å². The largest absolute Gasteiger partial charge is 0.490 e. The van der Waals surface area contributed by atoms with Crippen molar-refractivity contribution < 1.29 is 14.6 Å². The van der Waals surface area contributed by atoms with Crippen molar-refractivity contribution >= 4 is 16.8 Å². The van der Waals surface area contributed by atoms with Gasteiger partial charge in [0.25, 0.3) is 0 Å². The van der Waals surface area contributed by atoms with Crippen LogP contribution in [0.3, 0.4) is 0 Å². The van der Waals surface area contributed by atoms with E-state index in [0.717, 1.165) is 5.52 Å². The first-order valence-electron chi connectivity index (χ1n) is 5.44. The highest BCUT2D eigenvalue weighted by Gasteiger charge is 2.13.